The van der Waals surface area contributed by atoms with Crippen LogP contribution in [0, 0.1) is 0 Å². The Kier molecular flexibility index (Phi) is 18.0. The van der Waals surface area contributed by atoms with E-state index in [-0.39, 0.29) is 12.0 Å². The van der Waals surface area contributed by atoms with Crippen LogP contribution in [-0.4, -0.2) is 55.8 Å². The van der Waals surface area contributed by atoms with E-state index in [1.807, 2.05) is 0 Å². The molecule has 0 aromatic rings. The van der Waals surface area contributed by atoms with Gasteiger partial charge in [0.15, 0.2) is 0 Å². The number of aliphatic hydroxyl groups excluding tert-OH is 1. The molecule has 0 aliphatic heterocycles. The van der Waals surface area contributed by atoms with E-state index in [4.69, 9.17) is 0 Å². The van der Waals surface area contributed by atoms with E-state index in [9.17, 15) is 9.90 Å². The fourth-order valence-corrected chi connectivity index (χ4v) is 3.55. The van der Waals surface area contributed by atoms with Gasteiger partial charge >= 0.3 is 0 Å². The summed E-state index contributed by atoms with van der Waals surface area (Å²) in [6.07, 6.45) is 18.4. The minimum atomic E-state index is -0.0736. The molecule has 0 aliphatic carbocycles. The van der Waals surface area contributed by atoms with Crippen LogP contribution >= 0.6 is 0 Å². The molecule has 2 N–H and O–H groups in total. The quantitative estimate of drug-likeness (QED) is 0.212. The van der Waals surface area contributed by atoms with E-state index in [1.54, 1.807) is 0 Å². The molecule has 0 aromatic carbocycles. The van der Waals surface area contributed by atoms with E-state index in [1.165, 1.54) is 70.6 Å². The van der Waals surface area contributed by atoms with Gasteiger partial charge in [0.05, 0.1) is 33.8 Å². The first kappa shape index (κ1) is 27.4. The number of aliphatic hydroxyl groups is 1. The molecule has 1 atom stereocenters. The maximum atomic E-state index is 11.8. The van der Waals surface area contributed by atoms with Crippen LogP contribution in [0.2, 0.25) is 0 Å². The van der Waals surface area contributed by atoms with E-state index in [0.717, 1.165) is 43.3 Å². The third-order valence-corrected chi connectivity index (χ3v) is 5.41. The first-order valence-corrected chi connectivity index (χ1v) is 12.1. The molecule has 28 heavy (non-hydrogen) atoms. The zero-order valence-electron chi connectivity index (χ0n) is 19.6. The monoisotopic (exact) mass is 399 g/mol. The lowest BCUT2D eigenvalue weighted by Gasteiger charge is -2.23. The van der Waals surface area contributed by atoms with E-state index in [0.29, 0.717) is 6.42 Å². The van der Waals surface area contributed by atoms with Crippen molar-refractivity contribution < 1.29 is 14.4 Å². The summed E-state index contributed by atoms with van der Waals surface area (Å²) in [6, 6.07) is 0. The molecule has 0 radical (unpaired) electrons. The normalized spacial score (nSPS) is 12.9. The maximum Gasteiger partial charge on any atom is 0.219 e. The van der Waals surface area contributed by atoms with Gasteiger partial charge in [-0.2, -0.15) is 0 Å². The van der Waals surface area contributed by atoms with Crippen molar-refractivity contribution in [3.63, 3.8) is 0 Å². The number of nitrogens with one attached hydrogen (secondary N) is 1. The molecule has 0 fully saturated rings. The second-order valence-corrected chi connectivity index (χ2v) is 9.59. The number of carbonyl (C=O) groups is 1. The van der Waals surface area contributed by atoms with Gasteiger partial charge in [0.1, 0.15) is 0 Å². The summed E-state index contributed by atoms with van der Waals surface area (Å²) in [5.41, 5.74) is 0. The number of nitrogens with zero attached hydrogens (tertiary/aromatic N) is 1. The number of carbonyl (C=O) groups excluding carboxylic acids is 1. The van der Waals surface area contributed by atoms with Crippen LogP contribution in [0.25, 0.3) is 0 Å². The van der Waals surface area contributed by atoms with Crippen molar-refractivity contribution in [1.82, 2.24) is 5.32 Å². The van der Waals surface area contributed by atoms with Crippen LogP contribution in [0.4, 0.5) is 0 Å². The summed E-state index contributed by atoms with van der Waals surface area (Å²) in [7, 11) is 6.54. The highest BCUT2D eigenvalue weighted by Crippen LogP contribution is 2.14. The number of quaternary nitrogens is 1. The topological polar surface area (TPSA) is 49.3 Å². The van der Waals surface area contributed by atoms with Crippen molar-refractivity contribution in [2.45, 2.75) is 116 Å². The van der Waals surface area contributed by atoms with Crippen LogP contribution in [-0.2, 0) is 4.79 Å². The first-order valence-electron chi connectivity index (χ1n) is 12.1. The fourth-order valence-electron chi connectivity index (χ4n) is 3.55. The van der Waals surface area contributed by atoms with Crippen molar-refractivity contribution >= 4 is 5.91 Å². The SMILES string of the molecule is CCCCCCC(O)CCCCCCCCCCC(=O)NCCC[N+](C)(C)C. The van der Waals surface area contributed by atoms with Crippen molar-refractivity contribution in [2.24, 2.45) is 0 Å². The molecule has 0 aromatic heterocycles. The number of hydrogen-bond acceptors (Lipinski definition) is 2. The minimum Gasteiger partial charge on any atom is -0.393 e. The average Bonchev–Trinajstić information content (AvgIpc) is 2.63. The molecule has 0 aliphatic rings. The summed E-state index contributed by atoms with van der Waals surface area (Å²) < 4.78 is 0.954. The van der Waals surface area contributed by atoms with Crippen molar-refractivity contribution in [2.75, 3.05) is 34.2 Å². The predicted octanol–water partition coefficient (Wildman–Crippen LogP) is 5.43. The minimum absolute atomic E-state index is 0.0736. The van der Waals surface area contributed by atoms with Crippen LogP contribution in [0.15, 0.2) is 0 Å². The molecular weight excluding hydrogens is 348 g/mol. The molecule has 0 rings (SSSR count). The van der Waals surface area contributed by atoms with Gasteiger partial charge in [-0.25, -0.2) is 0 Å². The Bertz CT molecular complexity index is 353. The molecule has 1 unspecified atom stereocenters. The lowest BCUT2D eigenvalue weighted by molar-refractivity contribution is -0.870. The molecule has 4 nitrogen and oxygen atoms in total. The Balaban J connectivity index is 3.27. The highest BCUT2D eigenvalue weighted by Gasteiger charge is 2.07. The van der Waals surface area contributed by atoms with Crippen molar-refractivity contribution in [3.05, 3.63) is 0 Å². The highest BCUT2D eigenvalue weighted by atomic mass is 16.3. The van der Waals surface area contributed by atoms with Gasteiger partial charge in [0.2, 0.25) is 5.91 Å². The predicted molar refractivity (Wildman–Crippen MR) is 121 cm³/mol. The number of amides is 1. The van der Waals surface area contributed by atoms with E-state index < -0.39 is 0 Å². The Labute approximate surface area is 176 Å². The Morgan fingerprint density at radius 3 is 1.82 bits per heavy atom. The second-order valence-electron chi connectivity index (χ2n) is 9.59. The van der Waals surface area contributed by atoms with E-state index in [2.05, 4.69) is 33.4 Å². The Hall–Kier alpha value is -0.610. The third kappa shape index (κ3) is 21.7. The standard InChI is InChI=1S/C24H50N2O2/c1-5-6-7-14-18-23(27)19-15-12-10-8-9-11-13-16-20-24(28)25-21-17-22-26(2,3)4/h23,27H,5-22H2,1-4H3/p+1. The zero-order valence-corrected chi connectivity index (χ0v) is 19.6. The lowest BCUT2D eigenvalue weighted by Crippen LogP contribution is -2.37. The van der Waals surface area contributed by atoms with Gasteiger partial charge in [-0.15, -0.1) is 0 Å². The first-order chi connectivity index (χ1) is 13.3. The molecule has 0 saturated carbocycles. The van der Waals surface area contributed by atoms with Gasteiger partial charge in [-0.1, -0.05) is 77.6 Å². The summed E-state index contributed by atoms with van der Waals surface area (Å²) in [4.78, 5) is 11.8. The summed E-state index contributed by atoms with van der Waals surface area (Å²) in [5, 5.41) is 13.0. The van der Waals surface area contributed by atoms with Crippen LogP contribution in [0.3, 0.4) is 0 Å². The van der Waals surface area contributed by atoms with Crippen molar-refractivity contribution in [3.8, 4) is 0 Å². The molecule has 4 heteroatoms. The Morgan fingerprint density at radius 1 is 0.786 bits per heavy atom. The molecule has 0 heterocycles. The highest BCUT2D eigenvalue weighted by molar-refractivity contribution is 5.75. The van der Waals surface area contributed by atoms with Gasteiger partial charge in [-0.05, 0) is 19.3 Å². The summed E-state index contributed by atoms with van der Waals surface area (Å²) >= 11 is 0. The third-order valence-electron chi connectivity index (χ3n) is 5.41. The Morgan fingerprint density at radius 2 is 1.29 bits per heavy atom. The number of unbranched alkanes of at least 4 members (excludes halogenated alkanes) is 10. The van der Waals surface area contributed by atoms with Gasteiger partial charge in [-0.3, -0.25) is 4.79 Å². The zero-order chi connectivity index (χ0) is 21.1. The summed E-state index contributed by atoms with van der Waals surface area (Å²) in [5.74, 6) is 0.217. The molecule has 1 amide bonds. The number of hydrogen-bond donors (Lipinski definition) is 2. The second kappa shape index (κ2) is 18.4. The largest absolute Gasteiger partial charge is 0.393 e. The van der Waals surface area contributed by atoms with Gasteiger partial charge in [0, 0.05) is 19.4 Å². The average molecular weight is 400 g/mol. The lowest BCUT2D eigenvalue weighted by atomic mass is 10.0. The molecule has 0 saturated heterocycles. The van der Waals surface area contributed by atoms with Crippen LogP contribution in [0.1, 0.15) is 110 Å². The van der Waals surface area contributed by atoms with Gasteiger partial charge < -0.3 is 14.9 Å². The fraction of sp³-hybridized carbons (Fsp3) is 0.958. The number of rotatable bonds is 20. The molecule has 0 spiro atoms. The maximum absolute atomic E-state index is 11.8. The molecule has 168 valence electrons. The molecule has 0 bridgehead atoms. The van der Waals surface area contributed by atoms with Crippen LogP contribution in [0.5, 0.6) is 0 Å². The van der Waals surface area contributed by atoms with E-state index >= 15 is 0 Å². The van der Waals surface area contributed by atoms with Gasteiger partial charge in [0.25, 0.3) is 0 Å². The smallest absolute Gasteiger partial charge is 0.219 e. The van der Waals surface area contributed by atoms with Crippen LogP contribution < -0.4 is 5.32 Å². The molecular formula is C24H51N2O2+. The van der Waals surface area contributed by atoms with Crippen molar-refractivity contribution in [1.29, 1.82) is 0 Å². The summed E-state index contributed by atoms with van der Waals surface area (Å²) in [6.45, 7) is 4.13.